The Labute approximate surface area is 115 Å². The molecule has 6 nitrogen and oxygen atoms in total. The molecule has 0 aromatic carbocycles. The van der Waals surface area contributed by atoms with E-state index in [0.29, 0.717) is 32.5 Å². The number of carbonyl (C=O) groups excluding carboxylic acids is 1. The van der Waals surface area contributed by atoms with Gasteiger partial charge >= 0.3 is 0 Å². The van der Waals surface area contributed by atoms with Gasteiger partial charge in [0.1, 0.15) is 0 Å². The Morgan fingerprint density at radius 1 is 1.11 bits per heavy atom. The number of rotatable bonds is 3. The summed E-state index contributed by atoms with van der Waals surface area (Å²) in [5.41, 5.74) is 5.27. The van der Waals surface area contributed by atoms with Crippen molar-refractivity contribution in [3.63, 3.8) is 0 Å². The molecule has 0 radical (unpaired) electrons. The van der Waals surface area contributed by atoms with Crippen molar-refractivity contribution in [3.8, 4) is 0 Å². The van der Waals surface area contributed by atoms with Gasteiger partial charge in [-0.25, -0.2) is 0 Å². The first-order valence-electron chi connectivity index (χ1n) is 6.99. The summed E-state index contributed by atoms with van der Waals surface area (Å²) in [5.74, 6) is -0.492. The maximum absolute atomic E-state index is 12.6. The first-order chi connectivity index (χ1) is 8.93. The van der Waals surface area contributed by atoms with Gasteiger partial charge in [0.15, 0.2) is 0 Å². The number of carbonyl (C=O) groups is 1. The van der Waals surface area contributed by atoms with Crippen molar-refractivity contribution in [2.75, 3.05) is 19.6 Å². The van der Waals surface area contributed by atoms with E-state index in [2.05, 4.69) is 0 Å². The molecule has 2 heterocycles. The van der Waals surface area contributed by atoms with Gasteiger partial charge in [-0.1, -0.05) is 6.42 Å². The molecule has 0 aromatic heterocycles. The maximum Gasteiger partial charge on any atom is 0.282 e. The first-order valence-corrected chi connectivity index (χ1v) is 8.39. The van der Waals surface area contributed by atoms with Crippen LogP contribution < -0.4 is 5.73 Å². The highest BCUT2D eigenvalue weighted by Gasteiger charge is 2.37. The molecule has 1 atom stereocenters. The minimum atomic E-state index is -3.37. The van der Waals surface area contributed by atoms with Gasteiger partial charge in [0.2, 0.25) is 5.91 Å². The van der Waals surface area contributed by atoms with Gasteiger partial charge in [-0.15, -0.1) is 0 Å². The maximum atomic E-state index is 12.6. The molecule has 0 aromatic rings. The minimum absolute atomic E-state index is 0.0765. The minimum Gasteiger partial charge on any atom is -0.369 e. The summed E-state index contributed by atoms with van der Waals surface area (Å²) in [5, 5.41) is 0. The monoisotopic (exact) mass is 289 g/mol. The molecule has 2 N–H and O–H groups in total. The Kier molecular flexibility index (Phi) is 4.47. The van der Waals surface area contributed by atoms with E-state index < -0.39 is 10.2 Å². The van der Waals surface area contributed by atoms with E-state index in [4.69, 9.17) is 5.73 Å². The van der Waals surface area contributed by atoms with Crippen LogP contribution in [0.2, 0.25) is 0 Å². The molecule has 110 valence electrons. The fourth-order valence-corrected chi connectivity index (χ4v) is 4.82. The Morgan fingerprint density at radius 3 is 2.26 bits per heavy atom. The molecule has 2 fully saturated rings. The van der Waals surface area contributed by atoms with E-state index in [1.807, 2.05) is 6.92 Å². The van der Waals surface area contributed by atoms with Crippen molar-refractivity contribution in [1.82, 2.24) is 8.61 Å². The molecule has 7 heteroatoms. The van der Waals surface area contributed by atoms with Crippen LogP contribution in [0.15, 0.2) is 0 Å². The summed E-state index contributed by atoms with van der Waals surface area (Å²) >= 11 is 0. The smallest absolute Gasteiger partial charge is 0.282 e. The number of nitrogens with two attached hydrogens (primary N) is 1. The molecular weight excluding hydrogens is 266 g/mol. The second kappa shape index (κ2) is 5.76. The van der Waals surface area contributed by atoms with Crippen molar-refractivity contribution in [3.05, 3.63) is 0 Å². The SMILES string of the molecule is C[C@H]1CCCCN1S(=O)(=O)N1CCC(C(N)=O)CC1. The molecule has 1 amide bonds. The number of hydrogen-bond donors (Lipinski definition) is 1. The summed E-state index contributed by atoms with van der Waals surface area (Å²) in [4.78, 5) is 11.1. The van der Waals surface area contributed by atoms with Gasteiger partial charge in [-0.2, -0.15) is 17.0 Å². The van der Waals surface area contributed by atoms with E-state index in [1.54, 1.807) is 4.31 Å². The zero-order valence-electron chi connectivity index (χ0n) is 11.4. The van der Waals surface area contributed by atoms with Crippen LogP contribution in [0, 0.1) is 5.92 Å². The van der Waals surface area contributed by atoms with Crippen LogP contribution in [0.25, 0.3) is 0 Å². The second-order valence-electron chi connectivity index (χ2n) is 5.54. The molecule has 2 rings (SSSR count). The molecule has 0 bridgehead atoms. The fraction of sp³-hybridized carbons (Fsp3) is 0.917. The highest BCUT2D eigenvalue weighted by molar-refractivity contribution is 7.86. The van der Waals surface area contributed by atoms with Crippen LogP contribution >= 0.6 is 0 Å². The quantitative estimate of drug-likeness (QED) is 0.811. The van der Waals surface area contributed by atoms with Gasteiger partial charge in [-0.05, 0) is 32.6 Å². The Hall–Kier alpha value is -0.660. The number of primary amides is 1. The van der Waals surface area contributed by atoms with Crippen LogP contribution in [-0.4, -0.2) is 48.6 Å². The third-order valence-electron chi connectivity index (χ3n) is 4.22. The summed E-state index contributed by atoms with van der Waals surface area (Å²) in [6, 6.07) is 0.0765. The number of piperidine rings is 2. The summed E-state index contributed by atoms with van der Waals surface area (Å²) in [7, 11) is -3.37. The predicted octanol–water partition coefficient (Wildman–Crippen LogP) is 0.303. The Balaban J connectivity index is 2.03. The molecule has 0 unspecified atom stereocenters. The third kappa shape index (κ3) is 3.09. The lowest BCUT2D eigenvalue weighted by Gasteiger charge is -2.38. The van der Waals surface area contributed by atoms with E-state index in [9.17, 15) is 13.2 Å². The summed E-state index contributed by atoms with van der Waals surface area (Å²) < 4.78 is 28.2. The van der Waals surface area contributed by atoms with Crippen LogP contribution in [0.3, 0.4) is 0 Å². The lowest BCUT2D eigenvalue weighted by Crippen LogP contribution is -2.52. The van der Waals surface area contributed by atoms with E-state index in [1.165, 1.54) is 4.31 Å². The number of amides is 1. The Morgan fingerprint density at radius 2 is 1.74 bits per heavy atom. The molecule has 0 spiro atoms. The number of hydrogen-bond acceptors (Lipinski definition) is 3. The topological polar surface area (TPSA) is 83.7 Å². The molecule has 0 aliphatic carbocycles. The van der Waals surface area contributed by atoms with Crippen molar-refractivity contribution in [2.45, 2.75) is 45.1 Å². The standard InChI is InChI=1S/C12H23N3O3S/c1-10-4-2-3-7-15(10)19(17,18)14-8-5-11(6-9-14)12(13)16/h10-11H,2-9H2,1H3,(H2,13,16)/t10-/m0/s1. The normalized spacial score (nSPS) is 28.4. The van der Waals surface area contributed by atoms with E-state index in [-0.39, 0.29) is 17.9 Å². The molecule has 0 saturated carbocycles. The summed E-state index contributed by atoms with van der Waals surface area (Å²) in [6.07, 6.45) is 4.03. The van der Waals surface area contributed by atoms with Gasteiger partial charge in [-0.3, -0.25) is 4.79 Å². The summed E-state index contributed by atoms with van der Waals surface area (Å²) in [6.45, 7) is 3.38. The zero-order chi connectivity index (χ0) is 14.0. The molecule has 19 heavy (non-hydrogen) atoms. The first kappa shape index (κ1) is 14.7. The van der Waals surface area contributed by atoms with Crippen LogP contribution in [0.4, 0.5) is 0 Å². The largest absolute Gasteiger partial charge is 0.369 e. The highest BCUT2D eigenvalue weighted by atomic mass is 32.2. The van der Waals surface area contributed by atoms with Crippen molar-refractivity contribution >= 4 is 16.1 Å². The van der Waals surface area contributed by atoms with Gasteiger partial charge in [0.05, 0.1) is 0 Å². The van der Waals surface area contributed by atoms with Crippen molar-refractivity contribution in [2.24, 2.45) is 11.7 Å². The fourth-order valence-electron chi connectivity index (χ4n) is 2.93. The van der Waals surface area contributed by atoms with Gasteiger partial charge in [0, 0.05) is 31.6 Å². The molecule has 2 aliphatic rings. The van der Waals surface area contributed by atoms with E-state index in [0.717, 1.165) is 19.3 Å². The second-order valence-corrected chi connectivity index (χ2v) is 7.42. The number of nitrogens with zero attached hydrogens (tertiary/aromatic N) is 2. The van der Waals surface area contributed by atoms with Gasteiger partial charge in [0.25, 0.3) is 10.2 Å². The lowest BCUT2D eigenvalue weighted by atomic mass is 9.98. The van der Waals surface area contributed by atoms with Crippen LogP contribution in [-0.2, 0) is 15.0 Å². The average molecular weight is 289 g/mol. The van der Waals surface area contributed by atoms with Crippen LogP contribution in [0.1, 0.15) is 39.0 Å². The highest BCUT2D eigenvalue weighted by Crippen LogP contribution is 2.26. The lowest BCUT2D eigenvalue weighted by molar-refractivity contribution is -0.122. The van der Waals surface area contributed by atoms with E-state index >= 15 is 0 Å². The predicted molar refractivity (Wildman–Crippen MR) is 72.4 cm³/mol. The molecule has 2 aliphatic heterocycles. The Bertz CT molecular complexity index is 430. The molecule has 2 saturated heterocycles. The zero-order valence-corrected chi connectivity index (χ0v) is 12.2. The third-order valence-corrected chi connectivity index (χ3v) is 6.37. The van der Waals surface area contributed by atoms with Crippen molar-refractivity contribution in [1.29, 1.82) is 0 Å². The average Bonchev–Trinajstić information content (AvgIpc) is 2.39. The van der Waals surface area contributed by atoms with Crippen molar-refractivity contribution < 1.29 is 13.2 Å². The van der Waals surface area contributed by atoms with Crippen LogP contribution in [0.5, 0.6) is 0 Å². The molecular formula is C12H23N3O3S. The van der Waals surface area contributed by atoms with Gasteiger partial charge < -0.3 is 5.73 Å².